The van der Waals surface area contributed by atoms with Crippen LogP contribution in [0.25, 0.3) is 0 Å². The van der Waals surface area contributed by atoms with E-state index in [1.807, 2.05) is 18.7 Å². The number of hydrogen-bond donors (Lipinski definition) is 2. The predicted molar refractivity (Wildman–Crippen MR) is 89.4 cm³/mol. The Balaban J connectivity index is 1.80. The Morgan fingerprint density at radius 2 is 1.71 bits per heavy atom. The average Bonchev–Trinajstić information content (AvgIpc) is 2.48. The Kier molecular flexibility index (Phi) is 5.43. The number of carbonyl (C=O) groups is 1. The molecule has 1 saturated carbocycles. The van der Waals surface area contributed by atoms with Crippen LogP contribution in [-0.2, 0) is 0 Å². The van der Waals surface area contributed by atoms with Crippen molar-refractivity contribution in [2.24, 2.45) is 5.73 Å². The molecule has 2 amide bonds. The number of rotatable bonds is 3. The third kappa shape index (κ3) is 4.07. The lowest BCUT2D eigenvalue weighted by molar-refractivity contribution is 0.0965. The van der Waals surface area contributed by atoms with Crippen LogP contribution in [0.15, 0.2) is 0 Å². The van der Waals surface area contributed by atoms with Crippen LogP contribution in [0.5, 0.6) is 0 Å². The molecule has 1 saturated heterocycles. The summed E-state index contributed by atoms with van der Waals surface area (Å²) in [6.45, 7) is 7.22. The molecule has 2 rings (SSSR count). The first kappa shape index (κ1) is 16.5. The van der Waals surface area contributed by atoms with Gasteiger partial charge in [-0.3, -0.25) is 4.90 Å². The molecule has 0 aromatic heterocycles. The van der Waals surface area contributed by atoms with Crippen LogP contribution < -0.4 is 11.1 Å². The highest BCUT2D eigenvalue weighted by Crippen LogP contribution is 2.19. The van der Waals surface area contributed by atoms with Crippen molar-refractivity contribution in [3.8, 4) is 0 Å². The largest absolute Gasteiger partial charge is 0.392 e. The fraction of sp³-hybridized carbons (Fsp3) is 0.867. The number of carbonyl (C=O) groups excluding carboxylic acids is 1. The summed E-state index contributed by atoms with van der Waals surface area (Å²) in [5.41, 5.74) is 5.54. The lowest BCUT2D eigenvalue weighted by Crippen LogP contribution is -2.61. The maximum atomic E-state index is 12.3. The minimum Gasteiger partial charge on any atom is -0.392 e. The second-order valence-corrected chi connectivity index (χ2v) is 7.12. The standard InChI is InChI=1S/C15H28N4OS/c1-15(2,13(16)21)19-10-8-18(9-11-19)14(20)17-12-6-4-3-5-7-12/h12H,3-11H2,1-2H3,(H2,16,21)(H,17,20). The minimum atomic E-state index is -0.277. The molecule has 0 aromatic carbocycles. The second kappa shape index (κ2) is 6.92. The van der Waals surface area contributed by atoms with Gasteiger partial charge in [0.25, 0.3) is 0 Å². The molecule has 0 unspecified atom stereocenters. The third-order valence-corrected chi connectivity index (χ3v) is 5.39. The van der Waals surface area contributed by atoms with Crippen LogP contribution in [0.3, 0.4) is 0 Å². The smallest absolute Gasteiger partial charge is 0.317 e. The van der Waals surface area contributed by atoms with E-state index in [2.05, 4.69) is 10.2 Å². The predicted octanol–water partition coefficient (Wildman–Crippen LogP) is 1.71. The van der Waals surface area contributed by atoms with Gasteiger partial charge < -0.3 is 16.0 Å². The minimum absolute atomic E-state index is 0.0923. The van der Waals surface area contributed by atoms with Gasteiger partial charge in [-0.25, -0.2) is 4.79 Å². The van der Waals surface area contributed by atoms with Crippen molar-refractivity contribution >= 4 is 23.2 Å². The van der Waals surface area contributed by atoms with Gasteiger partial charge in [0, 0.05) is 32.2 Å². The highest BCUT2D eigenvalue weighted by Gasteiger charge is 2.33. The molecule has 1 heterocycles. The molecule has 0 aromatic rings. The summed E-state index contributed by atoms with van der Waals surface area (Å²) in [5, 5.41) is 3.18. The van der Waals surface area contributed by atoms with Crippen molar-refractivity contribution in [3.05, 3.63) is 0 Å². The number of nitrogens with zero attached hydrogens (tertiary/aromatic N) is 2. The zero-order chi connectivity index (χ0) is 15.5. The number of urea groups is 1. The van der Waals surface area contributed by atoms with Gasteiger partial charge in [-0.15, -0.1) is 0 Å². The first-order valence-corrected chi connectivity index (χ1v) is 8.42. The number of thiocarbonyl (C=S) groups is 1. The molecule has 1 aliphatic carbocycles. The Hall–Kier alpha value is -0.880. The molecular weight excluding hydrogens is 284 g/mol. The normalized spacial score (nSPS) is 22.1. The maximum absolute atomic E-state index is 12.3. The van der Waals surface area contributed by atoms with E-state index in [-0.39, 0.29) is 11.6 Å². The van der Waals surface area contributed by atoms with E-state index in [1.165, 1.54) is 19.3 Å². The van der Waals surface area contributed by atoms with Crippen LogP contribution in [-0.4, -0.2) is 58.6 Å². The number of amides is 2. The highest BCUT2D eigenvalue weighted by molar-refractivity contribution is 7.80. The zero-order valence-electron chi connectivity index (χ0n) is 13.2. The summed E-state index contributed by atoms with van der Waals surface area (Å²) in [6, 6.07) is 0.465. The summed E-state index contributed by atoms with van der Waals surface area (Å²) in [7, 11) is 0. The van der Waals surface area contributed by atoms with Gasteiger partial charge in [-0.05, 0) is 26.7 Å². The monoisotopic (exact) mass is 312 g/mol. The number of piperazine rings is 1. The lowest BCUT2D eigenvalue weighted by Gasteiger charge is -2.43. The molecule has 2 fully saturated rings. The molecule has 6 heteroatoms. The molecule has 0 spiro atoms. The van der Waals surface area contributed by atoms with Gasteiger partial charge in [0.05, 0.1) is 10.5 Å². The first-order chi connectivity index (χ1) is 9.91. The van der Waals surface area contributed by atoms with Crippen molar-refractivity contribution in [3.63, 3.8) is 0 Å². The van der Waals surface area contributed by atoms with Gasteiger partial charge in [-0.1, -0.05) is 31.5 Å². The summed E-state index contributed by atoms with van der Waals surface area (Å²) < 4.78 is 0. The number of nitrogens with one attached hydrogen (secondary N) is 1. The van der Waals surface area contributed by atoms with Gasteiger partial charge in [0.2, 0.25) is 0 Å². The summed E-state index contributed by atoms with van der Waals surface area (Å²) in [4.78, 5) is 17.0. The Morgan fingerprint density at radius 3 is 2.24 bits per heavy atom. The average molecular weight is 312 g/mol. The van der Waals surface area contributed by atoms with Crippen molar-refractivity contribution in [1.82, 2.24) is 15.1 Å². The molecule has 120 valence electrons. The van der Waals surface area contributed by atoms with Crippen LogP contribution in [0.4, 0.5) is 4.79 Å². The van der Waals surface area contributed by atoms with E-state index >= 15 is 0 Å². The first-order valence-electron chi connectivity index (χ1n) is 8.01. The zero-order valence-corrected chi connectivity index (χ0v) is 14.0. The van der Waals surface area contributed by atoms with Crippen molar-refractivity contribution in [2.45, 2.75) is 57.5 Å². The number of nitrogens with two attached hydrogens (primary N) is 1. The topological polar surface area (TPSA) is 61.6 Å². The highest BCUT2D eigenvalue weighted by atomic mass is 32.1. The van der Waals surface area contributed by atoms with Crippen molar-refractivity contribution in [1.29, 1.82) is 0 Å². The van der Waals surface area contributed by atoms with E-state index in [0.717, 1.165) is 39.0 Å². The molecule has 2 aliphatic rings. The van der Waals surface area contributed by atoms with Gasteiger partial charge in [0.15, 0.2) is 0 Å². The van der Waals surface area contributed by atoms with E-state index in [4.69, 9.17) is 18.0 Å². The van der Waals surface area contributed by atoms with Crippen LogP contribution in [0, 0.1) is 0 Å². The Morgan fingerprint density at radius 1 is 1.14 bits per heavy atom. The van der Waals surface area contributed by atoms with Gasteiger partial charge in [0.1, 0.15) is 0 Å². The molecule has 0 atom stereocenters. The van der Waals surface area contributed by atoms with Gasteiger partial charge in [-0.2, -0.15) is 0 Å². The summed E-state index contributed by atoms with van der Waals surface area (Å²) in [6.07, 6.45) is 6.03. The second-order valence-electron chi connectivity index (χ2n) is 6.68. The SMILES string of the molecule is CC(C)(C(N)=S)N1CCN(C(=O)NC2CCCCC2)CC1. The molecule has 5 nitrogen and oxygen atoms in total. The Bertz CT molecular complexity index is 385. The van der Waals surface area contributed by atoms with Crippen LogP contribution in [0.1, 0.15) is 46.0 Å². The molecule has 3 N–H and O–H groups in total. The van der Waals surface area contributed by atoms with E-state index in [1.54, 1.807) is 0 Å². The maximum Gasteiger partial charge on any atom is 0.317 e. The third-order valence-electron chi connectivity index (χ3n) is 4.89. The number of hydrogen-bond acceptors (Lipinski definition) is 3. The molecule has 0 radical (unpaired) electrons. The quantitative estimate of drug-likeness (QED) is 0.779. The Labute approximate surface area is 133 Å². The molecule has 0 bridgehead atoms. The van der Waals surface area contributed by atoms with E-state index in [9.17, 15) is 4.79 Å². The van der Waals surface area contributed by atoms with E-state index < -0.39 is 0 Å². The van der Waals surface area contributed by atoms with Gasteiger partial charge >= 0.3 is 6.03 Å². The van der Waals surface area contributed by atoms with Crippen molar-refractivity contribution < 1.29 is 4.79 Å². The van der Waals surface area contributed by atoms with Crippen LogP contribution in [0.2, 0.25) is 0 Å². The van der Waals surface area contributed by atoms with Crippen LogP contribution >= 0.6 is 12.2 Å². The molecular formula is C15H28N4OS. The summed E-state index contributed by atoms with van der Waals surface area (Å²) in [5.74, 6) is 0. The fourth-order valence-electron chi connectivity index (χ4n) is 3.14. The lowest BCUT2D eigenvalue weighted by atomic mass is 9.96. The molecule has 21 heavy (non-hydrogen) atoms. The van der Waals surface area contributed by atoms with Crippen molar-refractivity contribution in [2.75, 3.05) is 26.2 Å². The molecule has 1 aliphatic heterocycles. The summed E-state index contributed by atoms with van der Waals surface area (Å²) >= 11 is 5.14. The fourth-order valence-corrected chi connectivity index (χ4v) is 3.27. The van der Waals surface area contributed by atoms with E-state index in [0.29, 0.717) is 11.0 Å².